The number of rotatable bonds is 15. The second kappa shape index (κ2) is 20.0. The Balaban J connectivity index is 0. The Hall–Kier alpha value is -3.95. The lowest BCUT2D eigenvalue weighted by Crippen LogP contribution is -2.50. The molecule has 1 unspecified atom stereocenters. The topological polar surface area (TPSA) is 197 Å². The number of likely N-dealkylation sites (N-methyl/N-ethyl adjacent to an activating group) is 1. The van der Waals surface area contributed by atoms with Crippen molar-refractivity contribution in [3.63, 3.8) is 0 Å². The molecule has 0 fully saturated rings. The van der Waals surface area contributed by atoms with Crippen molar-refractivity contribution >= 4 is 35.6 Å². The molecule has 0 aromatic carbocycles. The number of nitrogens with zero attached hydrogens (tertiary/aromatic N) is 1. The summed E-state index contributed by atoms with van der Waals surface area (Å²) < 4.78 is 36.2. The van der Waals surface area contributed by atoms with Crippen LogP contribution >= 0.6 is 0 Å². The summed E-state index contributed by atoms with van der Waals surface area (Å²) in [5.41, 5.74) is 5.05. The van der Waals surface area contributed by atoms with Gasteiger partial charge >= 0.3 is 18.1 Å². The largest absolute Gasteiger partial charge is 0.490 e. The van der Waals surface area contributed by atoms with Crippen LogP contribution in [0.25, 0.3) is 0 Å². The van der Waals surface area contributed by atoms with Crippen LogP contribution in [0.3, 0.4) is 0 Å². The Morgan fingerprint density at radius 3 is 2.10 bits per heavy atom. The Kier molecular flexibility index (Phi) is 19.1. The van der Waals surface area contributed by atoms with Crippen molar-refractivity contribution in [2.24, 2.45) is 11.7 Å². The molecule has 0 aliphatic heterocycles. The van der Waals surface area contributed by atoms with Crippen LogP contribution in [0.1, 0.15) is 39.5 Å². The monoisotopic (exact) mass is 581 g/mol. The Labute approximate surface area is 230 Å². The van der Waals surface area contributed by atoms with E-state index in [9.17, 15) is 37.1 Å². The van der Waals surface area contributed by atoms with Gasteiger partial charge in [0.2, 0.25) is 17.7 Å². The second-order valence-corrected chi connectivity index (χ2v) is 8.25. The third-order valence-electron chi connectivity index (χ3n) is 5.16. The summed E-state index contributed by atoms with van der Waals surface area (Å²) in [6.45, 7) is 7.66. The molecule has 6 N–H and O–H groups in total. The molecule has 0 aliphatic carbocycles. The zero-order valence-corrected chi connectivity index (χ0v) is 22.9. The SMILES string of the molecule is C=C(NC(=O)C(CCC=CC(=O)OC)NC(=O)CN)C(=O)N(C)CC(=O)NCC(CC)CC.O=C(O)C(F)(F)F. The molecule has 13 nitrogen and oxygen atoms in total. The number of nitrogens with two attached hydrogens (primary N) is 1. The van der Waals surface area contributed by atoms with E-state index in [1.54, 1.807) is 0 Å². The highest BCUT2D eigenvalue weighted by molar-refractivity contribution is 6.00. The second-order valence-electron chi connectivity index (χ2n) is 8.25. The molecule has 0 aromatic rings. The summed E-state index contributed by atoms with van der Waals surface area (Å²) in [7, 11) is 2.66. The predicted molar refractivity (Wildman–Crippen MR) is 137 cm³/mol. The van der Waals surface area contributed by atoms with E-state index in [0.717, 1.165) is 17.7 Å². The summed E-state index contributed by atoms with van der Waals surface area (Å²) in [5.74, 6) is -5.13. The average Bonchev–Trinajstić information content (AvgIpc) is 2.89. The van der Waals surface area contributed by atoms with Crippen LogP contribution in [0.4, 0.5) is 13.2 Å². The number of ether oxygens (including phenoxy) is 1. The van der Waals surface area contributed by atoms with E-state index in [1.807, 2.05) is 13.8 Å². The van der Waals surface area contributed by atoms with Crippen molar-refractivity contribution in [3.05, 3.63) is 24.4 Å². The highest BCUT2D eigenvalue weighted by Gasteiger charge is 2.38. The molecule has 0 aliphatic rings. The number of methoxy groups -OCH3 is 1. The fourth-order valence-electron chi connectivity index (χ4n) is 2.73. The summed E-state index contributed by atoms with van der Waals surface area (Å²) >= 11 is 0. The summed E-state index contributed by atoms with van der Waals surface area (Å²) in [6.07, 6.45) is -0.0978. The molecule has 1 atom stereocenters. The van der Waals surface area contributed by atoms with Crippen LogP contribution in [0, 0.1) is 5.92 Å². The fourth-order valence-corrected chi connectivity index (χ4v) is 2.73. The number of halogens is 3. The Morgan fingerprint density at radius 1 is 1.10 bits per heavy atom. The molecule has 0 saturated carbocycles. The highest BCUT2D eigenvalue weighted by Crippen LogP contribution is 2.13. The third kappa shape index (κ3) is 17.5. The standard InChI is InChI=1S/C22H37N5O6.C2HF3O2/c1-6-16(7-2)13-24-19(29)14-27(4)22(32)15(3)25-21(31)17(26-18(28)12-23)10-8-9-11-20(30)33-5;3-2(4,5)1(6)7/h9,11,16-17H,3,6-8,10,12-14,23H2,1-2,4-5H3,(H,24,29)(H,25,31)(H,26,28);(H,6,7). The first-order chi connectivity index (χ1) is 18.5. The van der Waals surface area contributed by atoms with Crippen LogP contribution in [0.5, 0.6) is 0 Å². The number of carboxylic acids is 1. The number of alkyl halides is 3. The number of carbonyl (C=O) groups excluding carboxylic acids is 5. The minimum atomic E-state index is -5.08. The van der Waals surface area contributed by atoms with Gasteiger partial charge in [-0.25, -0.2) is 9.59 Å². The lowest BCUT2D eigenvalue weighted by molar-refractivity contribution is -0.192. The molecule has 228 valence electrons. The van der Waals surface area contributed by atoms with Crippen molar-refractivity contribution in [3.8, 4) is 0 Å². The van der Waals surface area contributed by atoms with Gasteiger partial charge in [0.1, 0.15) is 6.04 Å². The van der Waals surface area contributed by atoms with Crippen molar-refractivity contribution in [2.45, 2.75) is 51.7 Å². The van der Waals surface area contributed by atoms with E-state index < -0.39 is 41.9 Å². The number of allylic oxidation sites excluding steroid dienone is 1. The summed E-state index contributed by atoms with van der Waals surface area (Å²) in [5, 5.41) is 14.7. The number of hydrogen-bond acceptors (Lipinski definition) is 8. The van der Waals surface area contributed by atoms with E-state index >= 15 is 0 Å². The van der Waals surface area contributed by atoms with Crippen molar-refractivity contribution in [2.75, 3.05) is 33.8 Å². The van der Waals surface area contributed by atoms with Gasteiger partial charge in [0, 0.05) is 19.7 Å². The Morgan fingerprint density at radius 2 is 1.65 bits per heavy atom. The maximum absolute atomic E-state index is 12.6. The number of aliphatic carboxylic acids is 1. The molecule has 0 rings (SSSR count). The lowest BCUT2D eigenvalue weighted by Gasteiger charge is -2.21. The first-order valence-electron chi connectivity index (χ1n) is 12.1. The molecule has 0 saturated heterocycles. The number of amides is 4. The first-order valence-corrected chi connectivity index (χ1v) is 12.1. The van der Waals surface area contributed by atoms with Crippen LogP contribution < -0.4 is 21.7 Å². The van der Waals surface area contributed by atoms with Crippen LogP contribution in [0.15, 0.2) is 24.4 Å². The number of hydrogen-bond donors (Lipinski definition) is 5. The van der Waals surface area contributed by atoms with Gasteiger partial charge in [0.25, 0.3) is 5.91 Å². The van der Waals surface area contributed by atoms with Gasteiger partial charge < -0.3 is 36.4 Å². The summed E-state index contributed by atoms with van der Waals surface area (Å²) in [6, 6.07) is -1.01. The highest BCUT2D eigenvalue weighted by atomic mass is 19.4. The molecular weight excluding hydrogens is 543 g/mol. The van der Waals surface area contributed by atoms with E-state index in [0.29, 0.717) is 12.5 Å². The third-order valence-corrected chi connectivity index (χ3v) is 5.16. The van der Waals surface area contributed by atoms with Crippen molar-refractivity contribution < 1.29 is 51.8 Å². The fraction of sp³-hybridized carbons (Fsp3) is 0.583. The van der Waals surface area contributed by atoms with Crippen molar-refractivity contribution in [1.82, 2.24) is 20.9 Å². The quantitative estimate of drug-likeness (QED) is 0.133. The minimum Gasteiger partial charge on any atom is -0.475 e. The molecule has 0 heterocycles. The maximum Gasteiger partial charge on any atom is 0.490 e. The van der Waals surface area contributed by atoms with Gasteiger partial charge in [-0.3, -0.25) is 19.2 Å². The average molecular weight is 582 g/mol. The normalized spacial score (nSPS) is 11.5. The van der Waals surface area contributed by atoms with E-state index in [4.69, 9.17) is 15.6 Å². The zero-order valence-electron chi connectivity index (χ0n) is 22.9. The maximum atomic E-state index is 12.6. The number of carbonyl (C=O) groups is 6. The molecule has 0 radical (unpaired) electrons. The lowest BCUT2D eigenvalue weighted by atomic mass is 10.0. The number of nitrogens with one attached hydrogen (secondary N) is 3. The molecule has 0 spiro atoms. The van der Waals surface area contributed by atoms with Gasteiger partial charge in [-0.1, -0.05) is 39.3 Å². The smallest absolute Gasteiger partial charge is 0.475 e. The molecule has 4 amide bonds. The molecule has 40 heavy (non-hydrogen) atoms. The van der Waals surface area contributed by atoms with E-state index in [-0.39, 0.29) is 37.5 Å². The van der Waals surface area contributed by atoms with Crippen LogP contribution in [0.2, 0.25) is 0 Å². The first kappa shape index (κ1) is 38.2. The van der Waals surface area contributed by atoms with Gasteiger partial charge in [-0.15, -0.1) is 0 Å². The number of carboxylic acid groups (broad SMARTS) is 1. The summed E-state index contributed by atoms with van der Waals surface area (Å²) in [4.78, 5) is 70.0. The van der Waals surface area contributed by atoms with Crippen LogP contribution in [-0.4, -0.2) is 91.6 Å². The predicted octanol–water partition coefficient (Wildman–Crippen LogP) is 0.213. The zero-order chi connectivity index (χ0) is 31.5. The van der Waals surface area contributed by atoms with Gasteiger partial charge in [0.05, 0.1) is 25.9 Å². The van der Waals surface area contributed by atoms with Gasteiger partial charge in [0.15, 0.2) is 0 Å². The molecule has 16 heteroatoms. The molecular formula is C24H38F3N5O8. The van der Waals surface area contributed by atoms with E-state index in [1.165, 1.54) is 26.3 Å². The molecule has 0 bridgehead atoms. The Bertz CT molecular complexity index is 921. The number of esters is 1. The molecule has 0 aromatic heterocycles. The minimum absolute atomic E-state index is 0.140. The van der Waals surface area contributed by atoms with Gasteiger partial charge in [-0.05, 0) is 18.8 Å². The van der Waals surface area contributed by atoms with Crippen LogP contribution in [-0.2, 0) is 33.5 Å². The van der Waals surface area contributed by atoms with E-state index in [2.05, 4.69) is 27.3 Å². The van der Waals surface area contributed by atoms with Gasteiger partial charge in [-0.2, -0.15) is 13.2 Å². The van der Waals surface area contributed by atoms with Crippen molar-refractivity contribution in [1.29, 1.82) is 0 Å².